The Morgan fingerprint density at radius 3 is 2.71 bits per heavy atom. The van der Waals surface area contributed by atoms with Crippen LogP contribution in [0, 0.1) is 0 Å². The lowest BCUT2D eigenvalue weighted by molar-refractivity contribution is 0.193. The third kappa shape index (κ3) is 3.78. The van der Waals surface area contributed by atoms with Crippen LogP contribution in [0.5, 0.6) is 0 Å². The van der Waals surface area contributed by atoms with Gasteiger partial charge in [-0.25, -0.2) is 0 Å². The van der Waals surface area contributed by atoms with Gasteiger partial charge in [0.25, 0.3) is 0 Å². The van der Waals surface area contributed by atoms with Crippen molar-refractivity contribution in [2.24, 2.45) is 0 Å². The maximum Gasteiger partial charge on any atom is 0.0452 e. The summed E-state index contributed by atoms with van der Waals surface area (Å²) in [5.41, 5.74) is 2.43. The summed E-state index contributed by atoms with van der Waals surface area (Å²) in [6.07, 6.45) is 0. The number of nitrogens with zero attached hydrogens (tertiary/aromatic N) is 1. The van der Waals surface area contributed by atoms with E-state index in [4.69, 9.17) is 23.2 Å². The lowest BCUT2D eigenvalue weighted by Crippen LogP contribution is -2.45. The zero-order valence-corrected chi connectivity index (χ0v) is 13.2. The van der Waals surface area contributed by atoms with E-state index in [9.17, 15) is 0 Å². The molecule has 0 aliphatic carbocycles. The molecule has 0 aromatic heterocycles. The van der Waals surface area contributed by atoms with E-state index >= 15 is 0 Å². The number of hydrogen-bond donors (Lipinski definition) is 1. The van der Waals surface area contributed by atoms with Crippen LogP contribution in [0.4, 0.5) is 0 Å². The highest BCUT2D eigenvalue weighted by atomic mass is 35.5. The summed E-state index contributed by atoms with van der Waals surface area (Å²) in [5.74, 6) is 0. The minimum atomic E-state index is 0.373. The fraction of sp³-hybridized carbons (Fsp3) is 0.294. The molecule has 4 heteroatoms. The van der Waals surface area contributed by atoms with Gasteiger partial charge in [-0.15, -0.1) is 0 Å². The van der Waals surface area contributed by atoms with Crippen molar-refractivity contribution < 1.29 is 0 Å². The van der Waals surface area contributed by atoms with Crippen molar-refractivity contribution in [2.75, 3.05) is 19.6 Å². The Morgan fingerprint density at radius 1 is 1.10 bits per heavy atom. The SMILES string of the molecule is Clc1ccc(Cl)c(CN2CCNC(c3ccccc3)C2)c1. The minimum Gasteiger partial charge on any atom is -0.308 e. The molecular weight excluding hydrogens is 303 g/mol. The first kappa shape index (κ1) is 14.9. The van der Waals surface area contributed by atoms with Gasteiger partial charge >= 0.3 is 0 Å². The number of nitrogens with one attached hydrogen (secondary N) is 1. The third-order valence-corrected chi connectivity index (χ3v) is 4.47. The molecule has 1 atom stereocenters. The predicted octanol–water partition coefficient (Wildman–Crippen LogP) is 4.14. The Kier molecular flexibility index (Phi) is 4.81. The minimum absolute atomic E-state index is 0.373. The summed E-state index contributed by atoms with van der Waals surface area (Å²) >= 11 is 12.3. The summed E-state index contributed by atoms with van der Waals surface area (Å²) in [5, 5.41) is 5.10. The highest BCUT2D eigenvalue weighted by Gasteiger charge is 2.21. The van der Waals surface area contributed by atoms with Crippen molar-refractivity contribution in [1.82, 2.24) is 10.2 Å². The lowest BCUT2D eigenvalue weighted by Gasteiger charge is -2.34. The van der Waals surface area contributed by atoms with E-state index in [-0.39, 0.29) is 0 Å². The van der Waals surface area contributed by atoms with Crippen LogP contribution in [0.15, 0.2) is 48.5 Å². The topological polar surface area (TPSA) is 15.3 Å². The predicted molar refractivity (Wildman–Crippen MR) is 88.9 cm³/mol. The van der Waals surface area contributed by atoms with E-state index in [2.05, 4.69) is 40.5 Å². The second kappa shape index (κ2) is 6.80. The molecule has 1 saturated heterocycles. The quantitative estimate of drug-likeness (QED) is 0.914. The van der Waals surface area contributed by atoms with Crippen LogP contribution in [0.2, 0.25) is 10.0 Å². The zero-order valence-electron chi connectivity index (χ0n) is 11.7. The maximum absolute atomic E-state index is 6.27. The molecular formula is C17H18Cl2N2. The van der Waals surface area contributed by atoms with Gasteiger partial charge in [0, 0.05) is 42.3 Å². The monoisotopic (exact) mass is 320 g/mol. The van der Waals surface area contributed by atoms with E-state index < -0.39 is 0 Å². The highest BCUT2D eigenvalue weighted by Crippen LogP contribution is 2.24. The van der Waals surface area contributed by atoms with E-state index in [0.717, 1.165) is 41.8 Å². The molecule has 110 valence electrons. The van der Waals surface area contributed by atoms with Crippen LogP contribution in [-0.2, 0) is 6.54 Å². The van der Waals surface area contributed by atoms with Crippen molar-refractivity contribution in [2.45, 2.75) is 12.6 Å². The summed E-state index contributed by atoms with van der Waals surface area (Å²) in [6, 6.07) is 16.6. The Labute approximate surface area is 135 Å². The fourth-order valence-corrected chi connectivity index (χ4v) is 3.14. The Bertz CT molecular complexity index is 601. The molecule has 2 nitrogen and oxygen atoms in total. The molecule has 1 unspecified atom stereocenters. The van der Waals surface area contributed by atoms with Gasteiger partial charge in [-0.3, -0.25) is 4.90 Å². The molecule has 0 saturated carbocycles. The van der Waals surface area contributed by atoms with Gasteiger partial charge in [0.1, 0.15) is 0 Å². The first-order valence-electron chi connectivity index (χ1n) is 7.17. The van der Waals surface area contributed by atoms with Crippen molar-refractivity contribution in [1.29, 1.82) is 0 Å². The third-order valence-electron chi connectivity index (χ3n) is 3.86. The average Bonchev–Trinajstić information content (AvgIpc) is 2.52. The maximum atomic E-state index is 6.27. The molecule has 1 aliphatic rings. The Hall–Kier alpha value is -1.06. The fourth-order valence-electron chi connectivity index (χ4n) is 2.77. The van der Waals surface area contributed by atoms with E-state index in [1.54, 1.807) is 0 Å². The first-order valence-corrected chi connectivity index (χ1v) is 7.92. The van der Waals surface area contributed by atoms with Crippen LogP contribution in [0.1, 0.15) is 17.2 Å². The van der Waals surface area contributed by atoms with Crippen molar-refractivity contribution >= 4 is 23.2 Å². The first-order chi connectivity index (χ1) is 10.2. The van der Waals surface area contributed by atoms with Crippen molar-refractivity contribution in [3.05, 3.63) is 69.7 Å². The van der Waals surface area contributed by atoms with Crippen LogP contribution in [-0.4, -0.2) is 24.5 Å². The average molecular weight is 321 g/mol. The van der Waals surface area contributed by atoms with Gasteiger partial charge in [0.2, 0.25) is 0 Å². The van der Waals surface area contributed by atoms with Crippen LogP contribution >= 0.6 is 23.2 Å². The molecule has 1 N–H and O–H groups in total. The molecule has 0 amide bonds. The number of piperazine rings is 1. The largest absolute Gasteiger partial charge is 0.308 e. The normalized spacial score (nSPS) is 19.6. The standard InChI is InChI=1S/C17H18Cl2N2/c18-15-6-7-16(19)14(10-15)11-21-9-8-20-17(12-21)13-4-2-1-3-5-13/h1-7,10,17,20H,8-9,11-12H2. The number of halogens is 2. The van der Waals surface area contributed by atoms with Crippen molar-refractivity contribution in [3.63, 3.8) is 0 Å². The Balaban J connectivity index is 1.70. The van der Waals surface area contributed by atoms with Crippen LogP contribution in [0.25, 0.3) is 0 Å². The molecule has 1 aliphatic heterocycles. The van der Waals surface area contributed by atoms with E-state index in [0.29, 0.717) is 6.04 Å². The second-order valence-electron chi connectivity index (χ2n) is 5.39. The van der Waals surface area contributed by atoms with Gasteiger partial charge < -0.3 is 5.32 Å². The molecule has 0 radical (unpaired) electrons. The summed E-state index contributed by atoms with van der Waals surface area (Å²) in [6.45, 7) is 3.82. The van der Waals surface area contributed by atoms with E-state index in [1.165, 1.54) is 5.56 Å². The molecule has 2 aromatic carbocycles. The number of rotatable bonds is 3. The van der Waals surface area contributed by atoms with Crippen LogP contribution in [0.3, 0.4) is 0 Å². The number of benzene rings is 2. The molecule has 1 heterocycles. The summed E-state index contributed by atoms with van der Waals surface area (Å²) in [7, 11) is 0. The molecule has 0 spiro atoms. The second-order valence-corrected chi connectivity index (χ2v) is 6.23. The van der Waals surface area contributed by atoms with Gasteiger partial charge in [-0.2, -0.15) is 0 Å². The van der Waals surface area contributed by atoms with Gasteiger partial charge in [-0.1, -0.05) is 53.5 Å². The van der Waals surface area contributed by atoms with Gasteiger partial charge in [0.05, 0.1) is 0 Å². The molecule has 3 rings (SSSR count). The highest BCUT2D eigenvalue weighted by molar-refractivity contribution is 6.33. The van der Waals surface area contributed by atoms with Gasteiger partial charge in [0.15, 0.2) is 0 Å². The molecule has 2 aromatic rings. The smallest absolute Gasteiger partial charge is 0.0452 e. The summed E-state index contributed by atoms with van der Waals surface area (Å²) in [4.78, 5) is 2.42. The zero-order chi connectivity index (χ0) is 14.7. The van der Waals surface area contributed by atoms with Gasteiger partial charge in [-0.05, 0) is 29.3 Å². The molecule has 1 fully saturated rings. The lowest BCUT2D eigenvalue weighted by atomic mass is 10.0. The van der Waals surface area contributed by atoms with E-state index in [1.807, 2.05) is 18.2 Å². The Morgan fingerprint density at radius 2 is 1.90 bits per heavy atom. The summed E-state index contributed by atoms with van der Waals surface area (Å²) < 4.78 is 0. The van der Waals surface area contributed by atoms with Crippen molar-refractivity contribution in [3.8, 4) is 0 Å². The number of hydrogen-bond acceptors (Lipinski definition) is 2. The molecule has 0 bridgehead atoms. The van der Waals surface area contributed by atoms with Crippen LogP contribution < -0.4 is 5.32 Å². The molecule has 21 heavy (non-hydrogen) atoms.